The summed E-state index contributed by atoms with van der Waals surface area (Å²) in [5.74, 6) is 0. The Bertz CT molecular complexity index is 4690. The number of aromatic nitrogens is 2. The van der Waals surface area contributed by atoms with E-state index in [9.17, 15) is 0 Å². The lowest BCUT2D eigenvalue weighted by molar-refractivity contribution is 1.28. The van der Waals surface area contributed by atoms with E-state index >= 15 is 0 Å². The highest BCUT2D eigenvalue weighted by molar-refractivity contribution is 6.88. The Balaban J connectivity index is 1.13. The van der Waals surface area contributed by atoms with E-state index in [1.807, 2.05) is 0 Å². The number of hydrogen-bond donors (Lipinski definition) is 0. The van der Waals surface area contributed by atoms with Crippen LogP contribution in [0.4, 0.5) is 34.1 Å². The second-order valence-corrected chi connectivity index (χ2v) is 26.4. The molecule has 356 valence electrons. The first-order chi connectivity index (χ1) is 36.8. The zero-order chi connectivity index (χ0) is 50.1. The average molecular weight is 977 g/mol. The molecule has 4 nitrogen and oxygen atoms in total. The molecule has 0 N–H and O–H groups in total. The molecule has 15 aromatic rings. The first-order valence-corrected chi connectivity index (χ1v) is 29.7. The van der Waals surface area contributed by atoms with Crippen LogP contribution in [0.5, 0.6) is 0 Å². The number of benzene rings is 11. The molecular formula is C70H52N4Si. The summed E-state index contributed by atoms with van der Waals surface area (Å²) in [5.41, 5.74) is 20.3. The maximum absolute atomic E-state index is 2.64. The second kappa shape index (κ2) is 16.4. The van der Waals surface area contributed by atoms with Crippen LogP contribution in [0.15, 0.2) is 243 Å². The van der Waals surface area contributed by atoms with E-state index < -0.39 is 8.07 Å². The van der Waals surface area contributed by atoms with Crippen molar-refractivity contribution in [3.8, 4) is 22.3 Å². The molecule has 4 aromatic heterocycles. The quantitative estimate of drug-likeness (QED) is 0.134. The van der Waals surface area contributed by atoms with E-state index in [1.165, 1.54) is 121 Å². The lowest BCUT2D eigenvalue weighted by atomic mass is 9.89. The molecule has 0 aliphatic heterocycles. The van der Waals surface area contributed by atoms with E-state index in [0.29, 0.717) is 0 Å². The Morgan fingerprint density at radius 1 is 0.320 bits per heavy atom. The lowest BCUT2D eigenvalue weighted by Gasteiger charge is -2.28. The zero-order valence-electron chi connectivity index (χ0n) is 42.4. The van der Waals surface area contributed by atoms with Crippen molar-refractivity contribution < 1.29 is 0 Å². The first kappa shape index (κ1) is 43.4. The van der Waals surface area contributed by atoms with Gasteiger partial charge in [-0.05, 0) is 96.4 Å². The van der Waals surface area contributed by atoms with Gasteiger partial charge < -0.3 is 18.6 Å². The van der Waals surface area contributed by atoms with Gasteiger partial charge in [0.15, 0.2) is 0 Å². The first-order valence-electron chi connectivity index (χ1n) is 26.2. The van der Waals surface area contributed by atoms with Crippen molar-refractivity contribution in [2.45, 2.75) is 26.6 Å². The Hall–Kier alpha value is -9.16. The lowest BCUT2D eigenvalue weighted by Crippen LogP contribution is -2.37. The number of aryl methyl sites for hydroxylation is 1. The van der Waals surface area contributed by atoms with Crippen molar-refractivity contribution in [2.24, 2.45) is 0 Å². The monoisotopic (exact) mass is 976 g/mol. The summed E-state index contributed by atoms with van der Waals surface area (Å²) in [5, 5.41) is 11.4. The summed E-state index contributed by atoms with van der Waals surface area (Å²) in [6.45, 7) is 9.49. The van der Waals surface area contributed by atoms with Gasteiger partial charge in [0, 0.05) is 77.0 Å². The fourth-order valence-electron chi connectivity index (χ4n) is 12.8. The Labute approximate surface area is 436 Å². The van der Waals surface area contributed by atoms with Gasteiger partial charge in [0.2, 0.25) is 0 Å². The molecule has 0 atom stereocenters. The van der Waals surface area contributed by atoms with E-state index in [0.717, 1.165) is 22.7 Å². The van der Waals surface area contributed by atoms with Crippen LogP contribution in [-0.2, 0) is 0 Å². The predicted molar refractivity (Wildman–Crippen MR) is 324 cm³/mol. The van der Waals surface area contributed by atoms with Crippen LogP contribution < -0.4 is 15.0 Å². The number of nitrogens with zero attached hydrogens (tertiary/aromatic N) is 4. The van der Waals surface area contributed by atoms with Crippen LogP contribution in [0.3, 0.4) is 0 Å². The van der Waals surface area contributed by atoms with Gasteiger partial charge in [-0.2, -0.15) is 0 Å². The third-order valence-corrected chi connectivity index (χ3v) is 17.9. The SMILES string of the molecule is Cc1cccc(N(c2ccccc2)c2cccc3c2c2cccc4c5c(-c6ccccc6)c6c(c(-c7ccccc7)c5n3c24)c2cccc3c4c(N(c5ccccc5)c5cccc([Si](C)(C)C)c5)cccc4n6c32)c1. The predicted octanol–water partition coefficient (Wildman–Crippen LogP) is 19.1. The molecule has 0 aliphatic carbocycles. The smallest absolute Gasteiger partial charge is 0.0776 e. The summed E-state index contributed by atoms with van der Waals surface area (Å²) in [6.07, 6.45) is 0. The third-order valence-electron chi connectivity index (χ3n) is 15.9. The number of para-hydroxylation sites is 4. The van der Waals surface area contributed by atoms with Crippen molar-refractivity contribution in [2.75, 3.05) is 9.80 Å². The van der Waals surface area contributed by atoms with Crippen LogP contribution in [0.1, 0.15) is 5.56 Å². The molecule has 4 heterocycles. The van der Waals surface area contributed by atoms with Crippen molar-refractivity contribution in [3.63, 3.8) is 0 Å². The van der Waals surface area contributed by atoms with Gasteiger partial charge in [0.1, 0.15) is 0 Å². The molecule has 0 radical (unpaired) electrons. The number of rotatable bonds is 9. The van der Waals surface area contributed by atoms with Crippen molar-refractivity contribution in [1.29, 1.82) is 0 Å². The molecule has 0 bridgehead atoms. The van der Waals surface area contributed by atoms with Crippen molar-refractivity contribution >= 4 is 124 Å². The molecule has 0 amide bonds. The summed E-state index contributed by atoms with van der Waals surface area (Å²) in [6, 6.07) is 90.3. The van der Waals surface area contributed by atoms with Crippen LogP contribution in [-0.4, -0.2) is 16.9 Å². The van der Waals surface area contributed by atoms with Crippen LogP contribution in [0.2, 0.25) is 19.6 Å². The number of anilines is 6. The molecule has 15 rings (SSSR count). The number of hydrogen-bond acceptors (Lipinski definition) is 2. The molecule has 0 saturated carbocycles. The van der Waals surface area contributed by atoms with E-state index in [1.54, 1.807) is 0 Å². The van der Waals surface area contributed by atoms with Gasteiger partial charge >= 0.3 is 0 Å². The molecule has 75 heavy (non-hydrogen) atoms. The molecule has 0 unspecified atom stereocenters. The number of fused-ring (bicyclic) bond motifs is 12. The highest BCUT2D eigenvalue weighted by Crippen LogP contribution is 2.56. The maximum Gasteiger partial charge on any atom is 0.0776 e. The van der Waals surface area contributed by atoms with Crippen LogP contribution in [0.25, 0.3) is 98.4 Å². The normalized spacial score (nSPS) is 12.3. The van der Waals surface area contributed by atoms with Gasteiger partial charge in [-0.15, -0.1) is 0 Å². The minimum Gasteiger partial charge on any atom is -0.310 e. The Morgan fingerprint density at radius 2 is 0.693 bits per heavy atom. The average Bonchev–Trinajstić information content (AvgIpc) is 4.31. The standard InChI is InChI=1S/C70H52N4Si/c1-45-23-17-32-50(43-45)71(48-28-13-7-14-29-48)57-39-21-41-59-63(57)53-35-19-37-55-65-62(47-26-11-6-12-27-47)70-66(61(46-24-9-5-10-25-46)69(65)73(59)67(53)55)56-38-20-36-54-64-58(40-22-42-60(64)74(70)68(54)56)72(49-30-15-8-16-31-49)51-33-18-34-52(44-51)75(2,3)4/h5-44H,1-4H3. The fourth-order valence-corrected chi connectivity index (χ4v) is 14.0. The molecule has 0 spiro atoms. The summed E-state index contributed by atoms with van der Waals surface area (Å²) < 4.78 is 5.27. The largest absolute Gasteiger partial charge is 0.310 e. The van der Waals surface area contributed by atoms with E-state index in [4.69, 9.17) is 0 Å². The van der Waals surface area contributed by atoms with Gasteiger partial charge in [0.05, 0.1) is 52.5 Å². The Morgan fingerprint density at radius 3 is 1.13 bits per heavy atom. The topological polar surface area (TPSA) is 15.3 Å². The molecule has 0 fully saturated rings. The van der Waals surface area contributed by atoms with Crippen LogP contribution in [0, 0.1) is 6.92 Å². The van der Waals surface area contributed by atoms with Crippen molar-refractivity contribution in [3.05, 3.63) is 248 Å². The maximum atomic E-state index is 2.64. The zero-order valence-corrected chi connectivity index (χ0v) is 43.4. The van der Waals surface area contributed by atoms with Gasteiger partial charge in [-0.25, -0.2) is 0 Å². The molecular weight excluding hydrogens is 925 g/mol. The highest BCUT2D eigenvalue weighted by atomic mass is 28.3. The molecule has 11 aromatic carbocycles. The van der Waals surface area contributed by atoms with E-state index in [2.05, 4.69) is 288 Å². The second-order valence-electron chi connectivity index (χ2n) is 21.3. The summed E-state index contributed by atoms with van der Waals surface area (Å²) in [7, 11) is -1.65. The summed E-state index contributed by atoms with van der Waals surface area (Å²) >= 11 is 0. The summed E-state index contributed by atoms with van der Waals surface area (Å²) in [4.78, 5) is 4.94. The van der Waals surface area contributed by atoms with E-state index in [-0.39, 0.29) is 0 Å². The highest BCUT2D eigenvalue weighted by Gasteiger charge is 2.32. The molecule has 0 saturated heterocycles. The molecule has 5 heteroatoms. The van der Waals surface area contributed by atoms with Crippen molar-refractivity contribution in [1.82, 2.24) is 8.80 Å². The minimum absolute atomic E-state index is 1.12. The fraction of sp³-hybridized carbons (Fsp3) is 0.0571. The van der Waals surface area contributed by atoms with Gasteiger partial charge in [0.25, 0.3) is 0 Å². The minimum atomic E-state index is -1.65. The van der Waals surface area contributed by atoms with Crippen LogP contribution >= 0.6 is 0 Å². The van der Waals surface area contributed by atoms with Gasteiger partial charge in [-0.1, -0.05) is 195 Å². The molecule has 0 aliphatic rings. The Kier molecular flexibility index (Phi) is 9.51. The third kappa shape index (κ3) is 6.35. The van der Waals surface area contributed by atoms with Gasteiger partial charge in [-0.3, -0.25) is 0 Å².